The first-order valence-electron chi connectivity index (χ1n) is 5.95. The van der Waals surface area contributed by atoms with E-state index in [0.717, 1.165) is 17.9 Å². The molecule has 2 aliphatic rings. The van der Waals surface area contributed by atoms with Crippen molar-refractivity contribution >= 4 is 11.9 Å². The van der Waals surface area contributed by atoms with E-state index < -0.39 is 5.97 Å². The number of hydrogen-bond acceptors (Lipinski definition) is 3. The molecule has 0 aromatic heterocycles. The van der Waals surface area contributed by atoms with Crippen molar-refractivity contribution in [2.24, 2.45) is 0 Å². The molecule has 0 spiro atoms. The third kappa shape index (κ3) is 2.77. The van der Waals surface area contributed by atoms with Crippen LogP contribution in [0.1, 0.15) is 25.7 Å². The fourth-order valence-corrected chi connectivity index (χ4v) is 1.74. The summed E-state index contributed by atoms with van der Waals surface area (Å²) in [6, 6.07) is 0. The van der Waals surface area contributed by atoms with E-state index in [-0.39, 0.29) is 5.91 Å². The van der Waals surface area contributed by atoms with E-state index >= 15 is 0 Å². The predicted molar refractivity (Wildman–Crippen MR) is 66.9 cm³/mol. The fourth-order valence-electron chi connectivity index (χ4n) is 1.74. The lowest BCUT2D eigenvalue weighted by Crippen LogP contribution is -2.27. The monoisotopic (exact) mass is 245 g/mol. The molecule has 0 aromatic rings. The number of allylic oxidation sites excluding steroid dienone is 5. The minimum atomic E-state index is -0.533. The van der Waals surface area contributed by atoms with Gasteiger partial charge in [-0.3, -0.25) is 4.79 Å². The second-order valence-corrected chi connectivity index (χ2v) is 4.16. The maximum absolute atomic E-state index is 11.9. The molecule has 1 saturated heterocycles. The molecule has 0 bridgehead atoms. The van der Waals surface area contributed by atoms with Gasteiger partial charge in [0.2, 0.25) is 0 Å². The zero-order valence-electron chi connectivity index (χ0n) is 10.1. The Labute approximate surface area is 106 Å². The van der Waals surface area contributed by atoms with E-state index in [1.165, 1.54) is 0 Å². The standard InChI is InChI=1S/C14H15NO3/c1-11-9-10-13(16)15(11)18-14(17)12-7-5-3-2-4-6-8-12/h3,5-8H,1-2,4,9-10H2/b5-3-,8-6-,12-7+. The first-order chi connectivity index (χ1) is 8.68. The van der Waals surface area contributed by atoms with Gasteiger partial charge in [-0.15, -0.1) is 5.06 Å². The highest BCUT2D eigenvalue weighted by molar-refractivity contribution is 5.93. The minimum absolute atomic E-state index is 0.223. The van der Waals surface area contributed by atoms with E-state index in [1.54, 1.807) is 12.2 Å². The Hall–Kier alpha value is -2.10. The van der Waals surface area contributed by atoms with E-state index in [9.17, 15) is 9.59 Å². The van der Waals surface area contributed by atoms with Gasteiger partial charge < -0.3 is 4.84 Å². The number of amides is 1. The highest BCUT2D eigenvalue weighted by atomic mass is 16.7. The number of hydroxylamine groups is 2. The van der Waals surface area contributed by atoms with Crippen molar-refractivity contribution in [2.45, 2.75) is 25.7 Å². The molecule has 0 atom stereocenters. The van der Waals surface area contributed by atoms with Gasteiger partial charge in [-0.2, -0.15) is 0 Å². The summed E-state index contributed by atoms with van der Waals surface area (Å²) in [6.45, 7) is 3.69. The van der Waals surface area contributed by atoms with Gasteiger partial charge >= 0.3 is 5.97 Å². The number of nitrogens with zero attached hydrogens (tertiary/aromatic N) is 1. The molecular formula is C14H15NO3. The summed E-state index contributed by atoms with van der Waals surface area (Å²) in [6.07, 6.45) is 11.8. The van der Waals surface area contributed by atoms with Crippen molar-refractivity contribution in [3.8, 4) is 0 Å². The summed E-state index contributed by atoms with van der Waals surface area (Å²) in [5.41, 5.74) is 0.956. The molecule has 0 saturated carbocycles. The Kier molecular flexibility index (Phi) is 3.77. The van der Waals surface area contributed by atoms with Gasteiger partial charge in [-0.25, -0.2) is 4.79 Å². The summed E-state index contributed by atoms with van der Waals surface area (Å²) in [4.78, 5) is 28.4. The lowest BCUT2D eigenvalue weighted by molar-refractivity contribution is -0.182. The molecule has 1 amide bonds. The van der Waals surface area contributed by atoms with Gasteiger partial charge in [-0.1, -0.05) is 30.9 Å². The number of rotatable bonds is 2. The van der Waals surface area contributed by atoms with Crippen molar-refractivity contribution in [1.29, 1.82) is 0 Å². The van der Waals surface area contributed by atoms with E-state index in [1.807, 2.05) is 18.2 Å². The van der Waals surface area contributed by atoms with E-state index in [4.69, 9.17) is 4.84 Å². The third-order valence-electron chi connectivity index (χ3n) is 2.76. The average molecular weight is 245 g/mol. The lowest BCUT2D eigenvalue weighted by atomic mass is 10.1. The molecule has 0 unspecified atom stereocenters. The topological polar surface area (TPSA) is 46.6 Å². The molecule has 1 fully saturated rings. The van der Waals surface area contributed by atoms with Crippen LogP contribution in [-0.2, 0) is 14.4 Å². The van der Waals surface area contributed by atoms with Gasteiger partial charge in [-0.05, 0) is 25.3 Å². The summed E-state index contributed by atoms with van der Waals surface area (Å²) in [5, 5.41) is 0.999. The summed E-state index contributed by atoms with van der Waals surface area (Å²) < 4.78 is 0. The average Bonchev–Trinajstić information content (AvgIpc) is 2.60. The smallest absolute Gasteiger partial charge is 0.328 e. The fraction of sp³-hybridized carbons (Fsp3) is 0.286. The van der Waals surface area contributed by atoms with Gasteiger partial charge in [0.05, 0.1) is 11.3 Å². The van der Waals surface area contributed by atoms with E-state index in [0.29, 0.717) is 24.1 Å². The van der Waals surface area contributed by atoms with Crippen LogP contribution < -0.4 is 0 Å². The van der Waals surface area contributed by atoms with E-state index in [2.05, 4.69) is 6.58 Å². The summed E-state index contributed by atoms with van der Waals surface area (Å²) in [5.74, 6) is -0.756. The van der Waals surface area contributed by atoms with Crippen LogP contribution in [0.5, 0.6) is 0 Å². The second-order valence-electron chi connectivity index (χ2n) is 4.16. The first-order valence-corrected chi connectivity index (χ1v) is 5.95. The molecule has 4 nitrogen and oxygen atoms in total. The Morgan fingerprint density at radius 1 is 1.28 bits per heavy atom. The number of hydrogen-bond donors (Lipinski definition) is 0. The molecule has 2 rings (SSSR count). The second kappa shape index (κ2) is 5.49. The first kappa shape index (κ1) is 12.4. The van der Waals surface area contributed by atoms with Crippen LogP contribution in [0.15, 0.2) is 48.2 Å². The minimum Gasteiger partial charge on any atom is -0.328 e. The maximum Gasteiger partial charge on any atom is 0.363 e. The third-order valence-corrected chi connectivity index (χ3v) is 2.76. The van der Waals surface area contributed by atoms with Crippen LogP contribution >= 0.6 is 0 Å². The molecule has 0 N–H and O–H groups in total. The number of carbonyl (C=O) groups is 2. The van der Waals surface area contributed by atoms with Crippen LogP contribution in [0.4, 0.5) is 0 Å². The van der Waals surface area contributed by atoms with Gasteiger partial charge in [0.25, 0.3) is 5.91 Å². The molecule has 1 aliphatic heterocycles. The molecule has 4 heteroatoms. The quantitative estimate of drug-likeness (QED) is 0.750. The normalized spacial score (nSPS) is 26.0. The van der Waals surface area contributed by atoms with Crippen molar-refractivity contribution in [1.82, 2.24) is 5.06 Å². The Balaban J connectivity index is 2.07. The number of carbonyl (C=O) groups excluding carboxylic acids is 2. The summed E-state index contributed by atoms with van der Waals surface area (Å²) in [7, 11) is 0. The summed E-state index contributed by atoms with van der Waals surface area (Å²) >= 11 is 0. The van der Waals surface area contributed by atoms with Crippen molar-refractivity contribution in [3.05, 3.63) is 48.2 Å². The molecule has 0 aromatic carbocycles. The predicted octanol–water partition coefficient (Wildman–Crippen LogP) is 2.41. The van der Waals surface area contributed by atoms with Crippen molar-refractivity contribution in [2.75, 3.05) is 0 Å². The van der Waals surface area contributed by atoms with Crippen molar-refractivity contribution in [3.63, 3.8) is 0 Å². The van der Waals surface area contributed by atoms with Crippen LogP contribution in [0.25, 0.3) is 0 Å². The maximum atomic E-state index is 11.9. The highest BCUT2D eigenvalue weighted by Crippen LogP contribution is 2.22. The zero-order chi connectivity index (χ0) is 13.0. The highest BCUT2D eigenvalue weighted by Gasteiger charge is 2.28. The molecule has 1 heterocycles. The molecule has 94 valence electrons. The molecular weight excluding hydrogens is 230 g/mol. The molecule has 1 aliphatic carbocycles. The van der Waals surface area contributed by atoms with Crippen LogP contribution in [0.2, 0.25) is 0 Å². The molecule has 18 heavy (non-hydrogen) atoms. The Morgan fingerprint density at radius 2 is 2.06 bits per heavy atom. The molecule has 0 radical (unpaired) electrons. The van der Waals surface area contributed by atoms with Crippen LogP contribution in [-0.4, -0.2) is 16.9 Å². The Morgan fingerprint density at radius 3 is 2.78 bits per heavy atom. The largest absolute Gasteiger partial charge is 0.363 e. The van der Waals surface area contributed by atoms with Crippen LogP contribution in [0, 0.1) is 0 Å². The van der Waals surface area contributed by atoms with Gasteiger partial charge in [0.15, 0.2) is 0 Å². The Bertz CT molecular complexity index is 455. The zero-order valence-corrected chi connectivity index (χ0v) is 10.1. The van der Waals surface area contributed by atoms with Gasteiger partial charge in [0.1, 0.15) is 0 Å². The lowest BCUT2D eigenvalue weighted by Gasteiger charge is -2.16. The SMILES string of the molecule is C=C1CCC(=O)N1OC(=O)C1=C/C=C\CC/C=C\1. The van der Waals surface area contributed by atoms with Crippen LogP contribution in [0.3, 0.4) is 0 Å². The van der Waals surface area contributed by atoms with Gasteiger partial charge in [0, 0.05) is 6.42 Å². The van der Waals surface area contributed by atoms with Crippen molar-refractivity contribution < 1.29 is 14.4 Å².